The van der Waals surface area contributed by atoms with Crippen LogP contribution < -0.4 is 4.74 Å². The fourth-order valence-corrected chi connectivity index (χ4v) is 2.39. The van der Waals surface area contributed by atoms with Gasteiger partial charge in [-0.25, -0.2) is 4.79 Å². The fraction of sp³-hybridized carbons (Fsp3) is 0.467. The van der Waals surface area contributed by atoms with Gasteiger partial charge in [-0.3, -0.25) is 4.79 Å². The number of hydrogen-bond donors (Lipinski definition) is 1. The Hall–Kier alpha value is -2.08. The Labute approximate surface area is 123 Å². The summed E-state index contributed by atoms with van der Waals surface area (Å²) in [6.07, 6.45) is -1.29. The van der Waals surface area contributed by atoms with Crippen LogP contribution in [0.5, 0.6) is 5.75 Å². The van der Waals surface area contributed by atoms with Gasteiger partial charge in [0.1, 0.15) is 5.75 Å². The minimum absolute atomic E-state index is 0.0503. The van der Waals surface area contributed by atoms with E-state index in [0.717, 1.165) is 5.56 Å². The Balaban J connectivity index is 2.20. The molecule has 114 valence electrons. The van der Waals surface area contributed by atoms with E-state index in [0.29, 0.717) is 17.9 Å². The van der Waals surface area contributed by atoms with E-state index in [2.05, 4.69) is 0 Å². The monoisotopic (exact) mass is 293 g/mol. The zero-order chi connectivity index (χ0) is 15.6. The lowest BCUT2D eigenvalue weighted by Gasteiger charge is -2.35. The van der Waals surface area contributed by atoms with Crippen LogP contribution in [0.2, 0.25) is 0 Å². The van der Waals surface area contributed by atoms with Crippen LogP contribution in [0.25, 0.3) is 0 Å². The van der Waals surface area contributed by atoms with E-state index >= 15 is 0 Å². The minimum atomic E-state index is -1.05. The predicted octanol–water partition coefficient (Wildman–Crippen LogP) is 1.32. The third kappa shape index (κ3) is 3.33. The highest BCUT2D eigenvalue weighted by molar-refractivity contribution is 5.95. The van der Waals surface area contributed by atoms with Crippen molar-refractivity contribution in [1.29, 1.82) is 0 Å². The molecular weight excluding hydrogens is 274 g/mol. The number of hydrogen-bond acceptors (Lipinski definition) is 4. The van der Waals surface area contributed by atoms with Crippen molar-refractivity contribution in [2.24, 2.45) is 0 Å². The van der Waals surface area contributed by atoms with Crippen LogP contribution in [0.4, 0.5) is 0 Å². The van der Waals surface area contributed by atoms with E-state index in [-0.39, 0.29) is 18.6 Å². The van der Waals surface area contributed by atoms with Crippen molar-refractivity contribution in [2.45, 2.75) is 26.1 Å². The van der Waals surface area contributed by atoms with E-state index in [1.54, 1.807) is 26.2 Å². The first kappa shape index (κ1) is 15.3. The van der Waals surface area contributed by atoms with Gasteiger partial charge in [-0.1, -0.05) is 6.07 Å². The van der Waals surface area contributed by atoms with Crippen LogP contribution in [-0.2, 0) is 9.53 Å². The predicted molar refractivity (Wildman–Crippen MR) is 75.6 cm³/mol. The molecule has 2 rings (SSSR count). The second-order valence-corrected chi connectivity index (χ2v) is 5.17. The summed E-state index contributed by atoms with van der Waals surface area (Å²) in [5, 5.41) is 9.06. The van der Waals surface area contributed by atoms with Crippen molar-refractivity contribution in [3.05, 3.63) is 29.3 Å². The summed E-state index contributed by atoms with van der Waals surface area (Å²) in [5.41, 5.74) is 1.42. The SMILES string of the molecule is COc1cc(C(=O)N2C[C@@H](C)O[C@H](C(=O)O)C2)ccc1C. The van der Waals surface area contributed by atoms with Crippen LogP contribution in [0.15, 0.2) is 18.2 Å². The van der Waals surface area contributed by atoms with Crippen molar-refractivity contribution in [3.8, 4) is 5.75 Å². The minimum Gasteiger partial charge on any atom is -0.496 e. The standard InChI is InChI=1S/C15H19NO5/c1-9-4-5-11(6-12(9)20-3)14(17)16-7-10(2)21-13(8-16)15(18)19/h4-6,10,13H,7-8H2,1-3H3,(H,18,19)/t10-,13+/m1/s1. The Kier molecular flexibility index (Phi) is 4.47. The van der Waals surface area contributed by atoms with E-state index < -0.39 is 12.1 Å². The molecule has 1 aliphatic heterocycles. The quantitative estimate of drug-likeness (QED) is 0.909. The lowest BCUT2D eigenvalue weighted by Crippen LogP contribution is -2.51. The summed E-state index contributed by atoms with van der Waals surface area (Å²) in [4.78, 5) is 25.1. The second-order valence-electron chi connectivity index (χ2n) is 5.17. The fourth-order valence-electron chi connectivity index (χ4n) is 2.39. The molecule has 0 aliphatic carbocycles. The van der Waals surface area contributed by atoms with Gasteiger partial charge < -0.3 is 19.5 Å². The molecule has 6 heteroatoms. The molecule has 1 saturated heterocycles. The number of aliphatic carboxylic acids is 1. The molecule has 1 heterocycles. The lowest BCUT2D eigenvalue weighted by atomic mass is 10.1. The number of amides is 1. The number of aryl methyl sites for hydroxylation is 1. The van der Waals surface area contributed by atoms with Crippen LogP contribution >= 0.6 is 0 Å². The molecule has 1 aliphatic rings. The summed E-state index contributed by atoms with van der Waals surface area (Å²) >= 11 is 0. The number of nitrogens with zero attached hydrogens (tertiary/aromatic N) is 1. The summed E-state index contributed by atoms with van der Waals surface area (Å²) in [6.45, 7) is 4.07. The van der Waals surface area contributed by atoms with Gasteiger partial charge in [-0.2, -0.15) is 0 Å². The van der Waals surface area contributed by atoms with Gasteiger partial charge in [0.2, 0.25) is 0 Å². The maximum atomic E-state index is 12.5. The first-order valence-corrected chi connectivity index (χ1v) is 6.74. The number of benzene rings is 1. The zero-order valence-electron chi connectivity index (χ0n) is 12.3. The summed E-state index contributed by atoms with van der Waals surface area (Å²) in [5.74, 6) is -0.632. The number of morpholine rings is 1. The Morgan fingerprint density at radius 2 is 2.10 bits per heavy atom. The van der Waals surface area contributed by atoms with Gasteiger partial charge in [0.05, 0.1) is 19.8 Å². The average molecular weight is 293 g/mol. The van der Waals surface area contributed by atoms with Crippen molar-refractivity contribution < 1.29 is 24.2 Å². The smallest absolute Gasteiger partial charge is 0.334 e. The third-order valence-corrected chi connectivity index (χ3v) is 3.48. The van der Waals surface area contributed by atoms with Gasteiger partial charge in [-0.15, -0.1) is 0 Å². The van der Waals surface area contributed by atoms with Gasteiger partial charge >= 0.3 is 5.97 Å². The van der Waals surface area contributed by atoms with Crippen molar-refractivity contribution >= 4 is 11.9 Å². The molecule has 1 N–H and O–H groups in total. The molecule has 1 aromatic carbocycles. The number of rotatable bonds is 3. The second kappa shape index (κ2) is 6.13. The van der Waals surface area contributed by atoms with Crippen LogP contribution in [-0.4, -0.2) is 54.3 Å². The van der Waals surface area contributed by atoms with Crippen LogP contribution in [0.1, 0.15) is 22.8 Å². The molecule has 1 aromatic rings. The topological polar surface area (TPSA) is 76.1 Å². The van der Waals surface area contributed by atoms with E-state index in [1.807, 2.05) is 13.0 Å². The highest BCUT2D eigenvalue weighted by Gasteiger charge is 2.33. The molecule has 0 spiro atoms. The molecule has 0 radical (unpaired) electrons. The van der Waals surface area contributed by atoms with Crippen molar-refractivity contribution in [2.75, 3.05) is 20.2 Å². The van der Waals surface area contributed by atoms with Crippen LogP contribution in [0.3, 0.4) is 0 Å². The lowest BCUT2D eigenvalue weighted by molar-refractivity contribution is -0.160. The normalized spacial score (nSPS) is 22.0. The van der Waals surface area contributed by atoms with Gasteiger partial charge in [0.15, 0.2) is 6.10 Å². The van der Waals surface area contributed by atoms with Crippen LogP contribution in [0, 0.1) is 6.92 Å². The average Bonchev–Trinajstić information content (AvgIpc) is 2.46. The molecule has 0 unspecified atom stereocenters. The van der Waals surface area contributed by atoms with Gasteiger partial charge in [-0.05, 0) is 31.5 Å². The molecule has 1 fully saturated rings. The molecule has 0 bridgehead atoms. The highest BCUT2D eigenvalue weighted by Crippen LogP contribution is 2.21. The summed E-state index contributed by atoms with van der Waals surface area (Å²) in [6, 6.07) is 5.20. The van der Waals surface area contributed by atoms with Crippen molar-refractivity contribution in [3.63, 3.8) is 0 Å². The van der Waals surface area contributed by atoms with E-state index in [1.165, 1.54) is 4.90 Å². The Morgan fingerprint density at radius 1 is 1.38 bits per heavy atom. The molecular formula is C15H19NO5. The summed E-state index contributed by atoms with van der Waals surface area (Å²) in [7, 11) is 1.55. The first-order chi connectivity index (χ1) is 9.92. The molecule has 2 atom stereocenters. The van der Waals surface area contributed by atoms with Crippen molar-refractivity contribution in [1.82, 2.24) is 4.90 Å². The zero-order valence-corrected chi connectivity index (χ0v) is 12.3. The number of ether oxygens (including phenoxy) is 2. The Morgan fingerprint density at radius 3 is 2.71 bits per heavy atom. The number of carboxylic acids is 1. The summed E-state index contributed by atoms with van der Waals surface area (Å²) < 4.78 is 10.5. The molecule has 6 nitrogen and oxygen atoms in total. The van der Waals surface area contributed by atoms with E-state index in [4.69, 9.17) is 14.6 Å². The highest BCUT2D eigenvalue weighted by atomic mass is 16.5. The number of carbonyl (C=O) groups excluding carboxylic acids is 1. The van der Waals surface area contributed by atoms with Gasteiger partial charge in [0, 0.05) is 12.1 Å². The molecule has 0 aromatic heterocycles. The van der Waals surface area contributed by atoms with E-state index in [9.17, 15) is 9.59 Å². The first-order valence-electron chi connectivity index (χ1n) is 6.74. The number of carboxylic acid groups (broad SMARTS) is 1. The largest absolute Gasteiger partial charge is 0.496 e. The van der Waals surface area contributed by atoms with Gasteiger partial charge in [0.25, 0.3) is 5.91 Å². The number of methoxy groups -OCH3 is 1. The Bertz CT molecular complexity index is 557. The number of carbonyl (C=O) groups is 2. The maximum Gasteiger partial charge on any atom is 0.334 e. The molecule has 21 heavy (non-hydrogen) atoms. The maximum absolute atomic E-state index is 12.5. The molecule has 0 saturated carbocycles. The molecule has 1 amide bonds. The third-order valence-electron chi connectivity index (χ3n) is 3.48.